The number of rotatable bonds is 7. The third-order valence-electron chi connectivity index (χ3n) is 14.2. The Labute approximate surface area is 416 Å². The van der Waals surface area contributed by atoms with Crippen LogP contribution in [0.25, 0.3) is 144 Å². The van der Waals surface area contributed by atoms with Crippen LogP contribution in [0.3, 0.4) is 0 Å². The van der Waals surface area contributed by atoms with E-state index >= 15 is 0 Å². The highest BCUT2D eigenvalue weighted by atomic mass is 14.9. The molecule has 12 aromatic carbocycles. The Morgan fingerprint density at radius 3 is 0.944 bits per heavy atom. The Bertz CT molecular complexity index is 4480. The molecule has 14 aromatic rings. The van der Waals surface area contributed by atoms with Gasteiger partial charge >= 0.3 is 0 Å². The first-order valence-electron chi connectivity index (χ1n) is 24.4. The molecule has 0 fully saturated rings. The van der Waals surface area contributed by atoms with Crippen LogP contribution in [0.15, 0.2) is 255 Å². The summed E-state index contributed by atoms with van der Waals surface area (Å²) in [6.07, 6.45) is 0. The molecule has 334 valence electrons. The summed E-state index contributed by atoms with van der Waals surface area (Å²) < 4.78 is 0. The molecule has 0 saturated heterocycles. The molecule has 2 heterocycles. The quantitative estimate of drug-likeness (QED) is 0.150. The third-order valence-corrected chi connectivity index (χ3v) is 14.2. The van der Waals surface area contributed by atoms with Gasteiger partial charge in [-0.2, -0.15) is 0 Å². The van der Waals surface area contributed by atoms with Crippen LogP contribution >= 0.6 is 0 Å². The molecule has 0 radical (unpaired) electrons. The third kappa shape index (κ3) is 7.33. The molecule has 2 aromatic heterocycles. The second-order valence-electron chi connectivity index (χ2n) is 18.6. The molecule has 4 heteroatoms. The van der Waals surface area contributed by atoms with Crippen LogP contribution in [0.5, 0.6) is 0 Å². The lowest BCUT2D eigenvalue weighted by Gasteiger charge is -2.13. The van der Waals surface area contributed by atoms with Crippen LogP contribution < -0.4 is 0 Å². The van der Waals surface area contributed by atoms with E-state index in [0.29, 0.717) is 11.6 Å². The summed E-state index contributed by atoms with van der Waals surface area (Å²) in [5.41, 5.74) is 14.3. The average molecular weight is 915 g/mol. The van der Waals surface area contributed by atoms with Crippen molar-refractivity contribution < 1.29 is 0 Å². The molecular weight excluding hydrogens is 873 g/mol. The molecule has 0 amide bonds. The van der Waals surface area contributed by atoms with Gasteiger partial charge in [0.25, 0.3) is 0 Å². The van der Waals surface area contributed by atoms with E-state index in [4.69, 9.17) is 19.9 Å². The zero-order chi connectivity index (χ0) is 47.5. The van der Waals surface area contributed by atoms with Gasteiger partial charge in [-0.3, -0.25) is 0 Å². The Morgan fingerprint density at radius 2 is 0.500 bits per heavy atom. The fourth-order valence-corrected chi connectivity index (χ4v) is 10.6. The summed E-state index contributed by atoms with van der Waals surface area (Å²) in [6.45, 7) is 0. The molecule has 0 unspecified atom stereocenters. The topological polar surface area (TPSA) is 51.6 Å². The molecule has 0 bridgehead atoms. The molecule has 0 atom stereocenters. The van der Waals surface area contributed by atoms with Crippen LogP contribution in [-0.2, 0) is 0 Å². The first-order chi connectivity index (χ1) is 35.6. The number of fused-ring (bicyclic) bond motifs is 8. The van der Waals surface area contributed by atoms with Crippen molar-refractivity contribution in [1.29, 1.82) is 0 Å². The second-order valence-corrected chi connectivity index (χ2v) is 18.6. The number of aromatic nitrogens is 4. The first kappa shape index (κ1) is 41.3. The van der Waals surface area contributed by atoms with Gasteiger partial charge in [0.2, 0.25) is 0 Å². The largest absolute Gasteiger partial charge is 0.228 e. The Balaban J connectivity index is 0.809. The summed E-state index contributed by atoms with van der Waals surface area (Å²) in [5, 5.41) is 12.0. The highest BCUT2D eigenvalue weighted by Gasteiger charge is 2.17. The van der Waals surface area contributed by atoms with Gasteiger partial charge in [-0.05, 0) is 125 Å². The van der Waals surface area contributed by atoms with E-state index in [2.05, 4.69) is 243 Å². The van der Waals surface area contributed by atoms with Crippen molar-refractivity contribution in [2.24, 2.45) is 0 Å². The monoisotopic (exact) mass is 914 g/mol. The average Bonchev–Trinajstić information content (AvgIpc) is 3.46. The summed E-state index contributed by atoms with van der Waals surface area (Å²) >= 11 is 0. The maximum atomic E-state index is 5.35. The first-order valence-corrected chi connectivity index (χ1v) is 24.4. The van der Waals surface area contributed by atoms with Crippen molar-refractivity contribution in [3.05, 3.63) is 255 Å². The van der Waals surface area contributed by atoms with Crippen LogP contribution in [0.1, 0.15) is 0 Å². The zero-order valence-electron chi connectivity index (χ0n) is 39.0. The van der Waals surface area contributed by atoms with Gasteiger partial charge in [-0.1, -0.05) is 206 Å². The van der Waals surface area contributed by atoms with Gasteiger partial charge in [0.1, 0.15) is 0 Å². The maximum absolute atomic E-state index is 5.35. The molecule has 0 N–H and O–H groups in total. The van der Waals surface area contributed by atoms with Crippen molar-refractivity contribution in [2.45, 2.75) is 0 Å². The van der Waals surface area contributed by atoms with Crippen molar-refractivity contribution in [3.8, 4) is 78.7 Å². The molecule has 0 aliphatic carbocycles. The molecule has 0 saturated carbocycles. The lowest BCUT2D eigenvalue weighted by atomic mass is 9.95. The highest BCUT2D eigenvalue weighted by Crippen LogP contribution is 2.38. The SMILES string of the molecule is c1cc(-c2cccc(-c3nc(-c4cccc(-c5ccc6c(ccc7ccccc76)c5)c4)nc4ccccc34)c2)cc(-c2nc(-c3cccc(-c4ccc5c(ccc6ccccc65)c4)c3)c3ccccc3n2)c1. The number of nitrogens with zero attached hydrogens (tertiary/aromatic N) is 4. The predicted octanol–water partition coefficient (Wildman–Crippen LogP) is 17.9. The van der Waals surface area contributed by atoms with E-state index < -0.39 is 0 Å². The number of hydrogen-bond acceptors (Lipinski definition) is 4. The fraction of sp³-hybridized carbons (Fsp3) is 0. The van der Waals surface area contributed by atoms with Crippen LogP contribution in [0.2, 0.25) is 0 Å². The van der Waals surface area contributed by atoms with E-state index in [0.717, 1.165) is 83.3 Å². The van der Waals surface area contributed by atoms with Crippen molar-refractivity contribution >= 4 is 64.9 Å². The molecule has 14 rings (SSSR count). The van der Waals surface area contributed by atoms with Gasteiger partial charge in [0.15, 0.2) is 11.6 Å². The minimum atomic E-state index is 0.676. The molecular formula is C68H42N4. The minimum Gasteiger partial charge on any atom is -0.228 e. The lowest BCUT2D eigenvalue weighted by molar-refractivity contribution is 1.23. The van der Waals surface area contributed by atoms with E-state index in [9.17, 15) is 0 Å². The fourth-order valence-electron chi connectivity index (χ4n) is 10.6. The zero-order valence-corrected chi connectivity index (χ0v) is 39.0. The molecule has 0 spiro atoms. The Morgan fingerprint density at radius 1 is 0.181 bits per heavy atom. The van der Waals surface area contributed by atoms with E-state index in [1.54, 1.807) is 0 Å². The molecule has 0 aliphatic rings. The van der Waals surface area contributed by atoms with E-state index in [1.807, 2.05) is 12.1 Å². The number of hydrogen-bond donors (Lipinski definition) is 0. The summed E-state index contributed by atoms with van der Waals surface area (Å²) in [7, 11) is 0. The Hall–Kier alpha value is -9.64. The summed E-state index contributed by atoms with van der Waals surface area (Å²) in [6, 6.07) is 90.7. The molecule has 72 heavy (non-hydrogen) atoms. The smallest absolute Gasteiger partial charge is 0.160 e. The summed E-state index contributed by atoms with van der Waals surface area (Å²) in [5.74, 6) is 1.36. The molecule has 4 nitrogen and oxygen atoms in total. The maximum Gasteiger partial charge on any atom is 0.160 e. The standard InChI is InChI=1S/C68H42N4/c1-3-23-57-43(13-1)29-31-51-37-49(33-35-59(51)57)46-16-10-20-54(40-46)66-62-26-6-8-28-64(62)69-67(72-66)55-21-11-17-47(41-55)45-15-9-19-53(39-45)65-61-25-5-7-27-63(61)70-68(71-65)56-22-12-18-48(42-56)50-34-36-60-52(38-50)32-30-44-14-2-4-24-58(44)60/h1-42H. The van der Waals surface area contributed by atoms with Gasteiger partial charge in [-0.25, -0.2) is 19.9 Å². The lowest BCUT2D eigenvalue weighted by Crippen LogP contribution is -1.96. The van der Waals surface area contributed by atoms with E-state index in [-0.39, 0.29) is 0 Å². The number of para-hydroxylation sites is 2. The Kier molecular flexibility index (Phi) is 9.82. The van der Waals surface area contributed by atoms with Crippen molar-refractivity contribution in [3.63, 3.8) is 0 Å². The highest BCUT2D eigenvalue weighted by molar-refractivity contribution is 6.10. The minimum absolute atomic E-state index is 0.676. The van der Waals surface area contributed by atoms with Gasteiger partial charge in [0.05, 0.1) is 22.4 Å². The molecule has 0 aliphatic heterocycles. The van der Waals surface area contributed by atoms with Gasteiger partial charge in [0, 0.05) is 33.0 Å². The van der Waals surface area contributed by atoms with Crippen LogP contribution in [0.4, 0.5) is 0 Å². The number of benzene rings is 12. The van der Waals surface area contributed by atoms with Gasteiger partial charge < -0.3 is 0 Å². The van der Waals surface area contributed by atoms with E-state index in [1.165, 1.54) is 48.7 Å². The normalized spacial score (nSPS) is 11.6. The van der Waals surface area contributed by atoms with Crippen molar-refractivity contribution in [2.75, 3.05) is 0 Å². The summed E-state index contributed by atoms with van der Waals surface area (Å²) in [4.78, 5) is 21.0. The van der Waals surface area contributed by atoms with Gasteiger partial charge in [-0.15, -0.1) is 0 Å². The second kappa shape index (κ2) is 17.1. The predicted molar refractivity (Wildman–Crippen MR) is 301 cm³/mol. The van der Waals surface area contributed by atoms with Crippen molar-refractivity contribution in [1.82, 2.24) is 19.9 Å². The van der Waals surface area contributed by atoms with Crippen LogP contribution in [0, 0.1) is 0 Å². The van der Waals surface area contributed by atoms with Crippen LogP contribution in [-0.4, -0.2) is 19.9 Å².